The van der Waals surface area contributed by atoms with Crippen LogP contribution in [0.2, 0.25) is 0 Å². The third-order valence-corrected chi connectivity index (χ3v) is 9.81. The minimum Gasteiger partial charge on any atom is -0.489 e. The van der Waals surface area contributed by atoms with Gasteiger partial charge in [-0.05, 0) is 60.0 Å². The van der Waals surface area contributed by atoms with Crippen molar-refractivity contribution >= 4 is 40.3 Å². The molecule has 3 atom stereocenters. The van der Waals surface area contributed by atoms with E-state index in [1.54, 1.807) is 25.0 Å². The van der Waals surface area contributed by atoms with Crippen molar-refractivity contribution in [3.05, 3.63) is 65.2 Å². The Morgan fingerprint density at radius 3 is 2.60 bits per heavy atom. The predicted molar refractivity (Wildman–Crippen MR) is 174 cm³/mol. The van der Waals surface area contributed by atoms with Crippen molar-refractivity contribution in [3.8, 4) is 5.75 Å². The molecule has 0 unspecified atom stereocenters. The second kappa shape index (κ2) is 12.9. The van der Waals surface area contributed by atoms with Crippen LogP contribution in [0.15, 0.2) is 48.5 Å². The van der Waals surface area contributed by atoms with Gasteiger partial charge in [0.2, 0.25) is 17.7 Å². The van der Waals surface area contributed by atoms with Crippen molar-refractivity contribution in [2.24, 2.45) is 5.92 Å². The fraction of sp³-hybridized carbons (Fsp3) is 0.457. The second-order valence-corrected chi connectivity index (χ2v) is 13.0. The molecule has 4 amide bonds. The summed E-state index contributed by atoms with van der Waals surface area (Å²) >= 11 is 0. The Hall–Kier alpha value is -4.55. The van der Waals surface area contributed by atoms with Crippen molar-refractivity contribution in [1.29, 1.82) is 0 Å². The van der Waals surface area contributed by atoms with Crippen LogP contribution in [0, 0.1) is 5.92 Å². The molecule has 246 valence electrons. The van der Waals surface area contributed by atoms with Gasteiger partial charge in [-0.3, -0.25) is 29.4 Å². The number of amides is 4. The minimum atomic E-state index is -0.644. The lowest BCUT2D eigenvalue weighted by atomic mass is 10.0. The number of rotatable bonds is 8. The zero-order chi connectivity index (χ0) is 32.7. The van der Waals surface area contributed by atoms with Gasteiger partial charge in [0.25, 0.3) is 5.91 Å². The molecule has 0 aliphatic carbocycles. The molecule has 47 heavy (non-hydrogen) atoms. The van der Waals surface area contributed by atoms with Crippen LogP contribution in [-0.4, -0.2) is 108 Å². The van der Waals surface area contributed by atoms with Gasteiger partial charge in [0.1, 0.15) is 23.7 Å². The van der Waals surface area contributed by atoms with Gasteiger partial charge < -0.3 is 24.2 Å². The molecule has 0 radical (unpaired) electrons. The molecule has 3 fully saturated rings. The molecule has 0 saturated carbocycles. The van der Waals surface area contributed by atoms with Crippen molar-refractivity contribution in [3.63, 3.8) is 0 Å². The first kappa shape index (κ1) is 31.1. The van der Waals surface area contributed by atoms with Crippen LogP contribution < -0.4 is 15.0 Å². The molecule has 4 aliphatic heterocycles. The van der Waals surface area contributed by atoms with E-state index in [0.29, 0.717) is 44.0 Å². The van der Waals surface area contributed by atoms with E-state index in [9.17, 15) is 19.2 Å². The number of likely N-dealkylation sites (tertiary alicyclic amines) is 1. The first-order valence-electron chi connectivity index (χ1n) is 16.3. The predicted octanol–water partition coefficient (Wildman–Crippen LogP) is 2.19. The van der Waals surface area contributed by atoms with Gasteiger partial charge in [0.15, 0.2) is 0 Å². The third kappa shape index (κ3) is 6.39. The Labute approximate surface area is 273 Å². The molecule has 5 heterocycles. The van der Waals surface area contributed by atoms with Crippen molar-refractivity contribution < 1.29 is 28.7 Å². The minimum absolute atomic E-state index is 0.0931. The Bertz CT molecular complexity index is 1720. The van der Waals surface area contributed by atoms with E-state index in [2.05, 4.69) is 45.4 Å². The largest absolute Gasteiger partial charge is 0.489 e. The van der Waals surface area contributed by atoms with Crippen molar-refractivity contribution in [2.45, 2.75) is 45.0 Å². The highest BCUT2D eigenvalue weighted by atomic mass is 16.5. The first-order chi connectivity index (χ1) is 22.7. The number of carbonyl (C=O) groups excluding carboxylic acids is 4. The highest BCUT2D eigenvalue weighted by Gasteiger charge is 2.40. The summed E-state index contributed by atoms with van der Waals surface area (Å²) in [7, 11) is 1.71. The number of pyridine rings is 1. The number of benzene rings is 2. The van der Waals surface area contributed by atoms with Crippen LogP contribution in [0.1, 0.15) is 41.3 Å². The van der Waals surface area contributed by atoms with Gasteiger partial charge in [0.05, 0.1) is 12.1 Å². The van der Waals surface area contributed by atoms with Gasteiger partial charge >= 0.3 is 0 Å². The smallest absolute Gasteiger partial charge is 0.255 e. The topological polar surface area (TPSA) is 125 Å². The van der Waals surface area contributed by atoms with Gasteiger partial charge in [-0.2, -0.15) is 0 Å². The molecule has 4 aliphatic rings. The Morgan fingerprint density at radius 1 is 1.00 bits per heavy atom. The van der Waals surface area contributed by atoms with E-state index in [1.807, 2.05) is 17.0 Å². The summed E-state index contributed by atoms with van der Waals surface area (Å²) in [6, 6.07) is 15.5. The van der Waals surface area contributed by atoms with E-state index in [0.717, 1.165) is 55.0 Å². The molecular weight excluding hydrogens is 600 g/mol. The quantitative estimate of drug-likeness (QED) is 0.369. The normalized spacial score (nSPS) is 23.4. The van der Waals surface area contributed by atoms with Gasteiger partial charge in [-0.1, -0.05) is 6.07 Å². The monoisotopic (exact) mass is 640 g/mol. The van der Waals surface area contributed by atoms with Crippen LogP contribution in [0.25, 0.3) is 10.9 Å². The summed E-state index contributed by atoms with van der Waals surface area (Å²) in [5, 5.41) is 3.44. The number of nitrogens with one attached hydrogen (secondary N) is 1. The summed E-state index contributed by atoms with van der Waals surface area (Å²) in [5.41, 5.74) is 3.54. The molecule has 12 heteroatoms. The second-order valence-electron chi connectivity index (χ2n) is 13.0. The van der Waals surface area contributed by atoms with Crippen molar-refractivity contribution in [1.82, 2.24) is 25.0 Å². The molecular formula is C35H40N6O6. The lowest BCUT2D eigenvalue weighted by Crippen LogP contribution is -2.52. The average Bonchev–Trinajstić information content (AvgIpc) is 3.59. The first-order valence-corrected chi connectivity index (χ1v) is 16.3. The number of imide groups is 1. The highest BCUT2D eigenvalue weighted by molar-refractivity contribution is 6.05. The number of nitrogens with zero attached hydrogens (tertiary/aromatic N) is 5. The maximum absolute atomic E-state index is 13.1. The lowest BCUT2D eigenvalue weighted by Gasteiger charge is -2.35. The van der Waals surface area contributed by atoms with Gasteiger partial charge in [-0.25, -0.2) is 4.98 Å². The number of piperazine rings is 1. The molecule has 1 N–H and O–H groups in total. The fourth-order valence-electron chi connectivity index (χ4n) is 7.31. The summed E-state index contributed by atoms with van der Waals surface area (Å²) in [4.78, 5) is 61.8. The number of carbonyl (C=O) groups is 4. The molecule has 3 aromatic rings. The van der Waals surface area contributed by atoms with Crippen LogP contribution in [0.3, 0.4) is 0 Å². The third-order valence-electron chi connectivity index (χ3n) is 9.81. The summed E-state index contributed by atoms with van der Waals surface area (Å²) < 4.78 is 12.1. The maximum atomic E-state index is 13.1. The SMILES string of the molecule is COC[C@@H]1CN(Cc2ccc3nc(N4CCN(C(C)=O)CC4)ccc3c2)C[C@H]1Oc1ccc2c(c1)CN([C@H]1CCC(=O)NC1=O)C2=O. The lowest BCUT2D eigenvalue weighted by molar-refractivity contribution is -0.137. The van der Waals surface area contributed by atoms with Crippen molar-refractivity contribution in [2.75, 3.05) is 57.9 Å². The summed E-state index contributed by atoms with van der Waals surface area (Å²) in [5.74, 6) is 1.00. The fourth-order valence-corrected chi connectivity index (χ4v) is 7.31. The number of anilines is 1. The van der Waals surface area contributed by atoms with Crippen LogP contribution in [0.5, 0.6) is 5.75 Å². The molecule has 3 saturated heterocycles. The highest BCUT2D eigenvalue weighted by Crippen LogP contribution is 2.32. The van der Waals surface area contributed by atoms with Gasteiger partial charge in [0, 0.05) is 89.7 Å². The molecule has 12 nitrogen and oxygen atoms in total. The van der Waals surface area contributed by atoms with E-state index < -0.39 is 11.9 Å². The number of piperidine rings is 1. The van der Waals surface area contributed by atoms with Crippen LogP contribution in [-0.2, 0) is 32.2 Å². The Balaban J connectivity index is 0.991. The number of aromatic nitrogens is 1. The Morgan fingerprint density at radius 2 is 1.83 bits per heavy atom. The van der Waals surface area contributed by atoms with Crippen LogP contribution >= 0.6 is 0 Å². The van der Waals surface area contributed by atoms with E-state index >= 15 is 0 Å². The number of hydrogen-bond acceptors (Lipinski definition) is 9. The van der Waals surface area contributed by atoms with E-state index in [-0.39, 0.29) is 36.2 Å². The molecule has 7 rings (SSSR count). The number of methoxy groups -OCH3 is 1. The summed E-state index contributed by atoms with van der Waals surface area (Å²) in [6.07, 6.45) is 0.465. The number of ether oxygens (including phenoxy) is 2. The molecule has 2 aromatic carbocycles. The average molecular weight is 641 g/mol. The molecule has 0 bridgehead atoms. The van der Waals surface area contributed by atoms with E-state index in [4.69, 9.17) is 14.5 Å². The summed E-state index contributed by atoms with van der Waals surface area (Å²) in [6.45, 7) is 7.81. The zero-order valence-corrected chi connectivity index (χ0v) is 26.8. The maximum Gasteiger partial charge on any atom is 0.255 e. The number of hydrogen-bond donors (Lipinski definition) is 1. The molecule has 1 aromatic heterocycles. The Kier molecular flexibility index (Phi) is 8.54. The zero-order valence-electron chi connectivity index (χ0n) is 26.8. The number of fused-ring (bicyclic) bond motifs is 2. The van der Waals surface area contributed by atoms with Crippen LogP contribution in [0.4, 0.5) is 5.82 Å². The standard InChI is InChI=1S/C35H40N6O6/c1-22(42)39-11-13-40(14-12-39)32-9-4-24-15-23(3-7-29(24)36-32)17-38-18-26(21-46-2)31(20-38)47-27-5-6-28-25(16-27)19-41(35(28)45)30-8-10-33(43)37-34(30)44/h3-7,9,15-16,26,30-31H,8,10-14,17-21H2,1-2H3,(H,37,43,44)/t26-,30-,31+/m0/s1. The van der Waals surface area contributed by atoms with E-state index in [1.165, 1.54) is 5.56 Å². The molecule has 0 spiro atoms. The van der Waals surface area contributed by atoms with Gasteiger partial charge in [-0.15, -0.1) is 0 Å².